The number of nitrogens with zero attached hydrogens (tertiary/aromatic N) is 2. The number of fused-ring (bicyclic) bond motifs is 1. The third kappa shape index (κ3) is 2.32. The fourth-order valence-corrected chi connectivity index (χ4v) is 3.94. The Hall–Kier alpha value is -1.20. The maximum atomic E-state index is 13.9. The summed E-state index contributed by atoms with van der Waals surface area (Å²) in [7, 11) is 1.88. The van der Waals surface area contributed by atoms with E-state index in [-0.39, 0.29) is 5.82 Å². The molecular weight excluding hydrogens is 335 g/mol. The van der Waals surface area contributed by atoms with E-state index in [1.807, 2.05) is 20.0 Å². The van der Waals surface area contributed by atoms with Gasteiger partial charge in [0, 0.05) is 13.5 Å². The number of rotatable bonds is 3. The Balaban J connectivity index is 2.01. The molecule has 0 aliphatic heterocycles. The fraction of sp³-hybridized carbons (Fsp3) is 0.438. The minimum Gasteiger partial charge on any atom is -0.385 e. The lowest BCUT2D eigenvalue weighted by atomic mass is 9.90. The van der Waals surface area contributed by atoms with Crippen molar-refractivity contribution in [2.75, 3.05) is 0 Å². The minimum absolute atomic E-state index is 0.221. The Labute approximate surface area is 131 Å². The van der Waals surface area contributed by atoms with Crippen LogP contribution in [0.3, 0.4) is 0 Å². The highest BCUT2D eigenvalue weighted by atomic mass is 79.9. The number of aromatic nitrogens is 2. The summed E-state index contributed by atoms with van der Waals surface area (Å²) in [4.78, 5) is 0. The molecule has 0 saturated carbocycles. The predicted molar refractivity (Wildman–Crippen MR) is 82.6 cm³/mol. The largest absolute Gasteiger partial charge is 0.385 e. The van der Waals surface area contributed by atoms with Gasteiger partial charge in [-0.05, 0) is 52.4 Å². The number of hydrogen-bond donors (Lipinski definition) is 1. The van der Waals surface area contributed by atoms with Gasteiger partial charge in [-0.1, -0.05) is 19.1 Å². The van der Waals surface area contributed by atoms with Gasteiger partial charge >= 0.3 is 0 Å². The minimum atomic E-state index is -1.02. The monoisotopic (exact) mass is 352 g/mol. The average molecular weight is 353 g/mol. The topological polar surface area (TPSA) is 38.0 Å². The van der Waals surface area contributed by atoms with Crippen LogP contribution in [-0.2, 0) is 31.9 Å². The highest BCUT2D eigenvalue weighted by Gasteiger charge is 2.39. The quantitative estimate of drug-likeness (QED) is 0.920. The molecule has 1 N–H and O–H groups in total. The van der Waals surface area contributed by atoms with E-state index < -0.39 is 5.60 Å². The zero-order chi connectivity index (χ0) is 15.2. The summed E-state index contributed by atoms with van der Waals surface area (Å²) >= 11 is 3.58. The van der Waals surface area contributed by atoms with E-state index in [1.54, 1.807) is 10.7 Å². The molecule has 1 aliphatic carbocycles. The van der Waals surface area contributed by atoms with E-state index >= 15 is 0 Å². The molecule has 3 nitrogen and oxygen atoms in total. The standard InChI is InChI=1S/C16H18BrFN2O/c1-3-13-15(17)14(20(2)19-13)9-16(21)8-7-10-11(16)5-4-6-12(10)18/h4-6,21H,3,7-9H2,1-2H3. The van der Waals surface area contributed by atoms with Crippen molar-refractivity contribution in [1.82, 2.24) is 9.78 Å². The normalized spacial score (nSPS) is 20.8. The van der Waals surface area contributed by atoms with Crippen LogP contribution in [0.1, 0.15) is 35.9 Å². The van der Waals surface area contributed by atoms with E-state index in [9.17, 15) is 9.50 Å². The fourth-order valence-electron chi connectivity index (χ4n) is 3.19. The van der Waals surface area contributed by atoms with Gasteiger partial charge in [-0.2, -0.15) is 5.10 Å². The first-order valence-electron chi connectivity index (χ1n) is 7.16. The zero-order valence-electron chi connectivity index (χ0n) is 12.2. The first-order valence-corrected chi connectivity index (χ1v) is 7.96. The third-order valence-corrected chi connectivity index (χ3v) is 5.29. The molecule has 0 bridgehead atoms. The van der Waals surface area contributed by atoms with E-state index in [1.165, 1.54) is 6.07 Å². The highest BCUT2D eigenvalue weighted by molar-refractivity contribution is 9.10. The second kappa shape index (κ2) is 5.21. The van der Waals surface area contributed by atoms with Crippen LogP contribution < -0.4 is 0 Å². The third-order valence-electron chi connectivity index (χ3n) is 4.37. The number of aliphatic hydroxyl groups is 1. The molecule has 3 rings (SSSR count). The second-order valence-electron chi connectivity index (χ2n) is 5.66. The van der Waals surface area contributed by atoms with Crippen molar-refractivity contribution in [3.63, 3.8) is 0 Å². The van der Waals surface area contributed by atoms with Gasteiger partial charge < -0.3 is 5.11 Å². The van der Waals surface area contributed by atoms with Crippen LogP contribution >= 0.6 is 15.9 Å². The summed E-state index contributed by atoms with van der Waals surface area (Å²) in [5.74, 6) is -0.221. The van der Waals surface area contributed by atoms with Crippen LogP contribution in [0.2, 0.25) is 0 Å². The molecule has 1 aliphatic rings. The smallest absolute Gasteiger partial charge is 0.126 e. The van der Waals surface area contributed by atoms with Crippen molar-refractivity contribution in [2.45, 2.75) is 38.2 Å². The Bertz CT molecular complexity index is 698. The van der Waals surface area contributed by atoms with Crippen LogP contribution in [0, 0.1) is 5.82 Å². The van der Waals surface area contributed by atoms with Gasteiger partial charge in [0.25, 0.3) is 0 Å². The van der Waals surface area contributed by atoms with E-state index in [0.717, 1.165) is 22.3 Å². The van der Waals surface area contributed by atoms with Crippen LogP contribution in [0.15, 0.2) is 22.7 Å². The van der Waals surface area contributed by atoms with Gasteiger partial charge in [0.2, 0.25) is 0 Å². The molecule has 1 atom stereocenters. The maximum absolute atomic E-state index is 13.9. The van der Waals surface area contributed by atoms with Crippen LogP contribution in [-0.4, -0.2) is 14.9 Å². The van der Waals surface area contributed by atoms with Gasteiger partial charge in [-0.25, -0.2) is 4.39 Å². The van der Waals surface area contributed by atoms with Gasteiger partial charge in [0.15, 0.2) is 0 Å². The van der Waals surface area contributed by atoms with E-state index in [4.69, 9.17) is 0 Å². The number of hydrogen-bond acceptors (Lipinski definition) is 2. The van der Waals surface area contributed by atoms with Crippen LogP contribution in [0.4, 0.5) is 4.39 Å². The number of benzene rings is 1. The molecule has 0 fully saturated rings. The van der Waals surface area contributed by atoms with E-state index in [2.05, 4.69) is 21.0 Å². The van der Waals surface area contributed by atoms with Gasteiger partial charge in [-0.3, -0.25) is 4.68 Å². The Morgan fingerprint density at radius 3 is 2.90 bits per heavy atom. The Morgan fingerprint density at radius 2 is 2.24 bits per heavy atom. The maximum Gasteiger partial charge on any atom is 0.126 e. The first-order chi connectivity index (χ1) is 9.96. The molecule has 0 radical (unpaired) electrons. The molecule has 0 amide bonds. The molecule has 112 valence electrons. The predicted octanol–water partition coefficient (Wildman–Crippen LogP) is 3.26. The van der Waals surface area contributed by atoms with Gasteiger partial charge in [-0.15, -0.1) is 0 Å². The summed E-state index contributed by atoms with van der Waals surface area (Å²) < 4.78 is 16.6. The Morgan fingerprint density at radius 1 is 1.48 bits per heavy atom. The summed E-state index contributed by atoms with van der Waals surface area (Å²) in [6.45, 7) is 2.05. The summed E-state index contributed by atoms with van der Waals surface area (Å²) in [6.07, 6.45) is 2.39. The van der Waals surface area contributed by atoms with Crippen molar-refractivity contribution in [3.8, 4) is 0 Å². The number of aryl methyl sites for hydroxylation is 2. The number of halogens is 2. The van der Waals surface area contributed by atoms with Crippen molar-refractivity contribution in [3.05, 3.63) is 51.0 Å². The summed E-state index contributed by atoms with van der Waals surface area (Å²) in [5, 5.41) is 15.5. The highest BCUT2D eigenvalue weighted by Crippen LogP contribution is 2.41. The van der Waals surface area contributed by atoms with Crippen molar-refractivity contribution < 1.29 is 9.50 Å². The summed E-state index contributed by atoms with van der Waals surface area (Å²) in [5.41, 5.74) is 2.28. The van der Waals surface area contributed by atoms with Crippen LogP contribution in [0.5, 0.6) is 0 Å². The molecule has 0 saturated heterocycles. The van der Waals surface area contributed by atoms with Crippen molar-refractivity contribution in [2.24, 2.45) is 7.05 Å². The summed E-state index contributed by atoms with van der Waals surface area (Å²) in [6, 6.07) is 4.95. The molecule has 1 unspecified atom stereocenters. The zero-order valence-corrected chi connectivity index (χ0v) is 13.7. The van der Waals surface area contributed by atoms with Crippen molar-refractivity contribution in [1.29, 1.82) is 0 Å². The molecule has 21 heavy (non-hydrogen) atoms. The van der Waals surface area contributed by atoms with Crippen LogP contribution in [0.25, 0.3) is 0 Å². The van der Waals surface area contributed by atoms with Crippen molar-refractivity contribution >= 4 is 15.9 Å². The first kappa shape index (κ1) is 14.7. The lowest BCUT2D eigenvalue weighted by Crippen LogP contribution is -2.26. The van der Waals surface area contributed by atoms with Gasteiger partial charge in [0.05, 0.1) is 21.5 Å². The molecule has 5 heteroatoms. The molecule has 2 aromatic rings. The lowest BCUT2D eigenvalue weighted by Gasteiger charge is -2.24. The van der Waals surface area contributed by atoms with Gasteiger partial charge in [0.1, 0.15) is 5.82 Å². The molecule has 0 spiro atoms. The second-order valence-corrected chi connectivity index (χ2v) is 6.45. The Kier molecular flexibility index (Phi) is 3.66. The lowest BCUT2D eigenvalue weighted by molar-refractivity contribution is 0.0369. The molecule has 1 aromatic heterocycles. The molecule has 1 heterocycles. The molecular formula is C16H18BrFN2O. The van der Waals surface area contributed by atoms with E-state index in [0.29, 0.717) is 30.4 Å². The average Bonchev–Trinajstić information content (AvgIpc) is 2.93. The SMILES string of the molecule is CCc1nn(C)c(CC2(O)CCc3c(F)cccc32)c1Br. The molecule has 1 aromatic carbocycles.